The van der Waals surface area contributed by atoms with Gasteiger partial charge < -0.3 is 41.7 Å². The Balaban J connectivity index is -0.0000000533. The van der Waals surface area contributed by atoms with Gasteiger partial charge in [-0.05, 0) is 56.4 Å². The van der Waals surface area contributed by atoms with E-state index in [9.17, 15) is 0 Å². The Morgan fingerprint density at radius 3 is 0.429 bits per heavy atom. The molecular formula is C12H36N8Zr. The summed E-state index contributed by atoms with van der Waals surface area (Å²) in [6.45, 7) is 0. The van der Waals surface area contributed by atoms with Crippen LogP contribution in [-0.4, -0.2) is 105 Å². The predicted molar refractivity (Wildman–Crippen MR) is 91.9 cm³/mol. The van der Waals surface area contributed by atoms with Crippen LogP contribution >= 0.6 is 0 Å². The van der Waals surface area contributed by atoms with Crippen molar-refractivity contribution in [2.75, 3.05) is 84.6 Å². The summed E-state index contributed by atoms with van der Waals surface area (Å²) in [5.41, 5.74) is 14.9. The van der Waals surface area contributed by atoms with Crippen LogP contribution in [0.5, 0.6) is 0 Å². The Labute approximate surface area is 152 Å². The maximum absolute atomic E-state index is 3.72. The molecule has 9 heteroatoms. The van der Waals surface area contributed by atoms with Crippen molar-refractivity contribution in [2.45, 2.75) is 0 Å². The molecule has 0 rings (SSSR count). The van der Waals surface area contributed by atoms with Gasteiger partial charge in [-0.1, -0.05) is 0 Å². The number of nitrogens with zero attached hydrogens (tertiary/aromatic N) is 8. The van der Waals surface area contributed by atoms with Crippen molar-refractivity contribution < 1.29 is 26.2 Å². The summed E-state index contributed by atoms with van der Waals surface area (Å²) in [6.07, 6.45) is 0. The Hall–Kier alpha value is 0.563. The second-order valence-electron chi connectivity index (χ2n) is 4.19. The van der Waals surface area contributed by atoms with Crippen molar-refractivity contribution in [2.24, 2.45) is 0 Å². The first-order valence-corrected chi connectivity index (χ1v) is 6.17. The van der Waals surface area contributed by atoms with E-state index in [-0.39, 0.29) is 26.2 Å². The molecule has 0 aliphatic heterocycles. The van der Waals surface area contributed by atoms with E-state index in [2.05, 4.69) is 21.7 Å². The molecule has 0 atom stereocenters. The van der Waals surface area contributed by atoms with Gasteiger partial charge in [-0.3, -0.25) is 0 Å². The largest absolute Gasteiger partial charge is 4.00 e. The first-order valence-electron chi connectivity index (χ1n) is 6.17. The Morgan fingerprint density at radius 1 is 0.381 bits per heavy atom. The molecule has 0 fully saturated rings. The van der Waals surface area contributed by atoms with E-state index >= 15 is 0 Å². The normalized spacial score (nSPS) is 9.14. The molecule has 0 heterocycles. The third-order valence-corrected chi connectivity index (χ3v) is 1.60. The van der Waals surface area contributed by atoms with Crippen molar-refractivity contribution >= 4 is 0 Å². The molecule has 0 N–H and O–H groups in total. The molecule has 0 unspecified atom stereocenters. The average Bonchev–Trinajstić information content (AvgIpc) is 2.40. The molecule has 128 valence electrons. The van der Waals surface area contributed by atoms with Gasteiger partial charge in [0.25, 0.3) is 0 Å². The molecule has 0 aromatic carbocycles. The van der Waals surface area contributed by atoms with Crippen molar-refractivity contribution in [1.29, 1.82) is 0 Å². The van der Waals surface area contributed by atoms with Crippen LogP contribution < -0.4 is 0 Å². The van der Waals surface area contributed by atoms with E-state index in [1.54, 1.807) is 48.2 Å². The molecule has 0 bridgehead atoms. The van der Waals surface area contributed by atoms with Crippen molar-refractivity contribution in [3.05, 3.63) is 21.7 Å². The summed E-state index contributed by atoms with van der Waals surface area (Å²) in [7, 11) is 22.1. The third kappa shape index (κ3) is 96.6. The zero-order valence-electron chi connectivity index (χ0n) is 16.1. The molecule has 0 amide bonds. The zero-order valence-corrected chi connectivity index (χ0v) is 18.5. The van der Waals surface area contributed by atoms with E-state index in [1.807, 2.05) is 56.4 Å². The van der Waals surface area contributed by atoms with E-state index in [0.29, 0.717) is 0 Å². The maximum atomic E-state index is 3.72. The van der Waals surface area contributed by atoms with Crippen molar-refractivity contribution in [3.63, 3.8) is 0 Å². The summed E-state index contributed by atoms with van der Waals surface area (Å²) in [5.74, 6) is 0. The summed E-state index contributed by atoms with van der Waals surface area (Å²) in [4.78, 5) is 0. The SMILES string of the molecule is C[N-]N(C)C.C[N-]N(C)C.C[N-]N(C)C.C[N-]N(C)C.[Zr+4]. The van der Waals surface area contributed by atoms with E-state index in [4.69, 9.17) is 0 Å². The van der Waals surface area contributed by atoms with Gasteiger partial charge >= 0.3 is 26.2 Å². The monoisotopic (exact) mass is 382 g/mol. The quantitative estimate of drug-likeness (QED) is 0.695. The van der Waals surface area contributed by atoms with Crippen LogP contribution in [0.4, 0.5) is 0 Å². The fourth-order valence-corrected chi connectivity index (χ4v) is 0. The summed E-state index contributed by atoms with van der Waals surface area (Å²) in [6, 6.07) is 0. The summed E-state index contributed by atoms with van der Waals surface area (Å²) >= 11 is 0. The second-order valence-corrected chi connectivity index (χ2v) is 4.19. The molecule has 0 saturated heterocycles. The zero-order chi connectivity index (χ0) is 17.1. The first-order chi connectivity index (χ1) is 9.08. The van der Waals surface area contributed by atoms with Gasteiger partial charge in [0.2, 0.25) is 0 Å². The third-order valence-electron chi connectivity index (χ3n) is 1.60. The van der Waals surface area contributed by atoms with E-state index < -0.39 is 0 Å². The maximum Gasteiger partial charge on any atom is 4.00 e. The fourth-order valence-electron chi connectivity index (χ4n) is 0. The number of hydrogen-bond donors (Lipinski definition) is 0. The van der Waals surface area contributed by atoms with Gasteiger partial charge in [0.15, 0.2) is 0 Å². The van der Waals surface area contributed by atoms with Crippen LogP contribution in [0.3, 0.4) is 0 Å². The molecular weight excluding hydrogens is 347 g/mol. The Morgan fingerprint density at radius 2 is 0.429 bits per heavy atom. The molecule has 0 aliphatic rings. The van der Waals surface area contributed by atoms with Crippen LogP contribution in [-0.2, 0) is 26.2 Å². The van der Waals surface area contributed by atoms with E-state index in [1.165, 1.54) is 0 Å². The summed E-state index contributed by atoms with van der Waals surface area (Å²) in [5, 5.41) is 7.00. The molecule has 0 radical (unpaired) electrons. The van der Waals surface area contributed by atoms with Gasteiger partial charge in [0, 0.05) is 0 Å². The number of hydrogen-bond acceptors (Lipinski definition) is 4. The van der Waals surface area contributed by atoms with Crippen LogP contribution in [0.25, 0.3) is 21.7 Å². The smallest absolute Gasteiger partial charge is 0.598 e. The van der Waals surface area contributed by atoms with Crippen LogP contribution in [0.15, 0.2) is 0 Å². The van der Waals surface area contributed by atoms with Gasteiger partial charge in [0.05, 0.1) is 0 Å². The van der Waals surface area contributed by atoms with Crippen molar-refractivity contribution in [1.82, 2.24) is 20.0 Å². The first kappa shape index (κ1) is 33.2. The summed E-state index contributed by atoms with van der Waals surface area (Å²) < 4.78 is 0. The fraction of sp³-hybridized carbons (Fsp3) is 1.00. The Kier molecular flexibility index (Phi) is 45.4. The van der Waals surface area contributed by atoms with Crippen LogP contribution in [0, 0.1) is 0 Å². The molecule has 0 saturated carbocycles. The van der Waals surface area contributed by atoms with Gasteiger partial charge in [-0.2, -0.15) is 28.2 Å². The van der Waals surface area contributed by atoms with Crippen LogP contribution in [0.2, 0.25) is 0 Å². The van der Waals surface area contributed by atoms with Crippen molar-refractivity contribution in [3.8, 4) is 0 Å². The molecule has 21 heavy (non-hydrogen) atoms. The molecule has 0 aliphatic carbocycles. The number of rotatable bonds is 4. The molecule has 8 nitrogen and oxygen atoms in total. The minimum atomic E-state index is 0. The topological polar surface area (TPSA) is 69.4 Å². The second kappa shape index (κ2) is 28.7. The van der Waals surface area contributed by atoms with E-state index in [0.717, 1.165) is 0 Å². The van der Waals surface area contributed by atoms with Crippen LogP contribution in [0.1, 0.15) is 0 Å². The predicted octanol–water partition coefficient (Wildman–Crippen LogP) is 1.86. The van der Waals surface area contributed by atoms with Gasteiger partial charge in [-0.15, -0.1) is 0 Å². The minimum absolute atomic E-state index is 0. The van der Waals surface area contributed by atoms with Gasteiger partial charge in [0.1, 0.15) is 0 Å². The molecule has 0 spiro atoms. The standard InChI is InChI=1S/4C3H9N2.Zr/c4*1-4-5(2)3;/h4*1-3H3;/q4*-1;+4. The van der Waals surface area contributed by atoms with Gasteiger partial charge in [-0.25, -0.2) is 0 Å². The molecule has 0 aromatic heterocycles. The minimum Gasteiger partial charge on any atom is -0.598 e. The molecule has 0 aromatic rings. The average molecular weight is 384 g/mol. The Bertz CT molecular complexity index is 113.